The molecule has 0 aliphatic heterocycles. The summed E-state index contributed by atoms with van der Waals surface area (Å²) in [6, 6.07) is 3.80. The van der Waals surface area contributed by atoms with Crippen molar-refractivity contribution in [1.29, 1.82) is 0 Å². The molecule has 0 heterocycles. The highest BCUT2D eigenvalue weighted by atomic mass is 79.9. The van der Waals surface area contributed by atoms with E-state index in [4.69, 9.17) is 0 Å². The number of hydrogen-bond acceptors (Lipinski definition) is 2. The molecule has 0 atom stereocenters. The highest BCUT2D eigenvalue weighted by molar-refractivity contribution is 9.11. The van der Waals surface area contributed by atoms with Gasteiger partial charge in [0.15, 0.2) is 0 Å². The van der Waals surface area contributed by atoms with Crippen molar-refractivity contribution in [2.24, 2.45) is 0 Å². The Morgan fingerprint density at radius 2 is 2.06 bits per heavy atom. The minimum absolute atomic E-state index is 0.265. The molecule has 0 spiro atoms. The van der Waals surface area contributed by atoms with Crippen LogP contribution >= 0.6 is 31.9 Å². The molecule has 1 aliphatic rings. The molecular formula is C12H15Br2NO. The van der Waals surface area contributed by atoms with Crippen molar-refractivity contribution in [2.75, 3.05) is 0 Å². The molecule has 0 amide bonds. The van der Waals surface area contributed by atoms with Gasteiger partial charge in [0.1, 0.15) is 5.75 Å². The predicted octanol–water partition coefficient (Wildman–Crippen LogP) is 3.95. The van der Waals surface area contributed by atoms with Crippen LogP contribution in [0.5, 0.6) is 5.75 Å². The molecule has 88 valence electrons. The van der Waals surface area contributed by atoms with Gasteiger partial charge in [0.2, 0.25) is 0 Å². The lowest BCUT2D eigenvalue weighted by Gasteiger charge is -2.39. The van der Waals surface area contributed by atoms with Gasteiger partial charge in [0, 0.05) is 22.1 Å². The summed E-state index contributed by atoms with van der Waals surface area (Å²) in [5.41, 5.74) is 1.19. The fraction of sp³-hybridized carbons (Fsp3) is 0.500. The van der Waals surface area contributed by atoms with E-state index in [9.17, 15) is 5.11 Å². The summed E-state index contributed by atoms with van der Waals surface area (Å²) in [6.45, 7) is 2.95. The fourth-order valence-corrected chi connectivity index (χ4v) is 3.26. The third-order valence-electron chi connectivity index (χ3n) is 3.27. The first-order chi connectivity index (χ1) is 7.50. The van der Waals surface area contributed by atoms with E-state index in [0.717, 1.165) is 14.5 Å². The van der Waals surface area contributed by atoms with Crippen LogP contribution in [-0.2, 0) is 6.54 Å². The average Bonchev–Trinajstić information content (AvgIpc) is 2.18. The predicted molar refractivity (Wildman–Crippen MR) is 72.6 cm³/mol. The van der Waals surface area contributed by atoms with E-state index in [2.05, 4.69) is 44.1 Å². The summed E-state index contributed by atoms with van der Waals surface area (Å²) >= 11 is 6.77. The van der Waals surface area contributed by atoms with Crippen molar-refractivity contribution in [2.45, 2.75) is 38.3 Å². The highest BCUT2D eigenvalue weighted by Crippen LogP contribution is 2.34. The topological polar surface area (TPSA) is 32.3 Å². The molecule has 2 N–H and O–H groups in total. The van der Waals surface area contributed by atoms with Gasteiger partial charge in [-0.2, -0.15) is 0 Å². The molecule has 1 aromatic rings. The van der Waals surface area contributed by atoms with Gasteiger partial charge in [-0.15, -0.1) is 0 Å². The van der Waals surface area contributed by atoms with E-state index >= 15 is 0 Å². The summed E-state index contributed by atoms with van der Waals surface area (Å²) in [6.07, 6.45) is 3.75. The van der Waals surface area contributed by atoms with Crippen molar-refractivity contribution in [3.8, 4) is 5.75 Å². The molecule has 2 rings (SSSR count). The maximum atomic E-state index is 9.90. The van der Waals surface area contributed by atoms with Crippen molar-refractivity contribution in [3.63, 3.8) is 0 Å². The normalized spacial score (nSPS) is 18.2. The van der Waals surface area contributed by atoms with Crippen LogP contribution in [0.2, 0.25) is 0 Å². The minimum Gasteiger partial charge on any atom is -0.506 e. The zero-order valence-corrected chi connectivity index (χ0v) is 12.4. The molecule has 1 saturated carbocycles. The van der Waals surface area contributed by atoms with E-state index in [1.54, 1.807) is 0 Å². The monoisotopic (exact) mass is 347 g/mol. The highest BCUT2D eigenvalue weighted by Gasteiger charge is 2.30. The maximum Gasteiger partial charge on any atom is 0.134 e. The molecule has 0 unspecified atom stereocenters. The Kier molecular flexibility index (Phi) is 3.62. The molecule has 2 nitrogen and oxygen atoms in total. The first-order valence-electron chi connectivity index (χ1n) is 5.42. The Labute approximate surface area is 113 Å². The van der Waals surface area contributed by atoms with Crippen LogP contribution in [0.3, 0.4) is 0 Å². The van der Waals surface area contributed by atoms with Gasteiger partial charge in [0.05, 0.1) is 4.47 Å². The van der Waals surface area contributed by atoms with E-state index < -0.39 is 0 Å². The summed E-state index contributed by atoms with van der Waals surface area (Å²) in [5, 5.41) is 13.4. The Morgan fingerprint density at radius 3 is 2.62 bits per heavy atom. The number of hydrogen-bond donors (Lipinski definition) is 2. The third-order valence-corrected chi connectivity index (χ3v) is 4.33. The van der Waals surface area contributed by atoms with E-state index in [1.807, 2.05) is 12.1 Å². The van der Waals surface area contributed by atoms with E-state index in [0.29, 0.717) is 12.3 Å². The SMILES string of the molecule is CC1(NCc2cc(Br)cc(Br)c2O)CCC1. The largest absolute Gasteiger partial charge is 0.506 e. The minimum atomic E-state index is 0.265. The quantitative estimate of drug-likeness (QED) is 0.866. The van der Waals surface area contributed by atoms with Crippen LogP contribution in [0.1, 0.15) is 31.7 Å². The van der Waals surface area contributed by atoms with Crippen molar-refractivity contribution >= 4 is 31.9 Å². The lowest BCUT2D eigenvalue weighted by Crippen LogP contribution is -2.47. The van der Waals surface area contributed by atoms with Crippen LogP contribution in [0, 0.1) is 0 Å². The summed E-state index contributed by atoms with van der Waals surface area (Å²) < 4.78 is 1.71. The van der Waals surface area contributed by atoms with Gasteiger partial charge in [0.25, 0.3) is 0 Å². The van der Waals surface area contributed by atoms with E-state index in [-0.39, 0.29) is 5.54 Å². The molecule has 0 saturated heterocycles. The third kappa shape index (κ3) is 2.60. The lowest BCUT2D eigenvalue weighted by molar-refractivity contribution is 0.206. The van der Waals surface area contributed by atoms with E-state index in [1.165, 1.54) is 19.3 Å². The van der Waals surface area contributed by atoms with Crippen molar-refractivity contribution in [1.82, 2.24) is 5.32 Å². The first-order valence-corrected chi connectivity index (χ1v) is 7.01. The molecule has 1 aliphatic carbocycles. The van der Waals surface area contributed by atoms with Crippen molar-refractivity contribution in [3.05, 3.63) is 26.6 Å². The molecule has 0 bridgehead atoms. The summed E-state index contributed by atoms with van der Waals surface area (Å²) in [7, 11) is 0. The molecule has 1 aromatic carbocycles. The second kappa shape index (κ2) is 4.67. The van der Waals surface area contributed by atoms with Crippen LogP contribution in [0.4, 0.5) is 0 Å². The second-order valence-electron chi connectivity index (χ2n) is 4.66. The number of nitrogens with one attached hydrogen (secondary N) is 1. The molecule has 0 aromatic heterocycles. The fourth-order valence-electron chi connectivity index (χ4n) is 1.95. The van der Waals surface area contributed by atoms with Crippen LogP contribution in [0.25, 0.3) is 0 Å². The van der Waals surface area contributed by atoms with Gasteiger partial charge in [-0.3, -0.25) is 0 Å². The summed E-state index contributed by atoms with van der Waals surface area (Å²) in [5.74, 6) is 0.332. The van der Waals surface area contributed by atoms with Crippen molar-refractivity contribution < 1.29 is 5.11 Å². The number of phenols is 1. The maximum absolute atomic E-state index is 9.90. The molecule has 1 fully saturated rings. The Hall–Kier alpha value is -0.0600. The second-order valence-corrected chi connectivity index (χ2v) is 6.43. The number of benzene rings is 1. The van der Waals surface area contributed by atoms with Gasteiger partial charge < -0.3 is 10.4 Å². The summed E-state index contributed by atoms with van der Waals surface area (Å²) in [4.78, 5) is 0. The molecule has 0 radical (unpaired) electrons. The van der Waals surface area contributed by atoms with Gasteiger partial charge in [-0.05, 0) is 54.2 Å². The van der Waals surface area contributed by atoms with Gasteiger partial charge in [-0.25, -0.2) is 0 Å². The number of aromatic hydroxyl groups is 1. The lowest BCUT2D eigenvalue weighted by atomic mass is 9.78. The first kappa shape index (κ1) is 12.4. The van der Waals surface area contributed by atoms with Crippen LogP contribution in [-0.4, -0.2) is 10.6 Å². The average molecular weight is 349 g/mol. The number of rotatable bonds is 3. The molecule has 4 heteroatoms. The Morgan fingerprint density at radius 1 is 1.38 bits per heavy atom. The Bertz CT molecular complexity index is 402. The number of halogens is 2. The van der Waals surface area contributed by atoms with Gasteiger partial charge >= 0.3 is 0 Å². The zero-order valence-electron chi connectivity index (χ0n) is 9.19. The molecule has 16 heavy (non-hydrogen) atoms. The number of phenolic OH excluding ortho intramolecular Hbond substituents is 1. The Balaban J connectivity index is 2.09. The smallest absolute Gasteiger partial charge is 0.134 e. The zero-order chi connectivity index (χ0) is 11.8. The standard InChI is InChI=1S/C12H15Br2NO/c1-12(3-2-4-12)15-7-8-5-9(13)6-10(14)11(8)16/h5-6,15-16H,2-4,7H2,1H3. The van der Waals surface area contributed by atoms with Crippen LogP contribution < -0.4 is 5.32 Å². The van der Waals surface area contributed by atoms with Crippen LogP contribution in [0.15, 0.2) is 21.1 Å². The van der Waals surface area contributed by atoms with Gasteiger partial charge in [-0.1, -0.05) is 15.9 Å². The molecular weight excluding hydrogens is 334 g/mol.